The minimum Gasteiger partial charge on any atom is -0.491 e. The molecule has 0 spiro atoms. The molecule has 3 rings (SSSR count). The van der Waals surface area contributed by atoms with Gasteiger partial charge in [0.25, 0.3) is 0 Å². The first kappa shape index (κ1) is 24.7. The zero-order valence-corrected chi connectivity index (χ0v) is 20.1. The first-order valence-corrected chi connectivity index (χ1v) is 12.4. The van der Waals surface area contributed by atoms with Crippen molar-refractivity contribution in [3.8, 4) is 5.75 Å². The Kier molecular flexibility index (Phi) is 9.08. The van der Waals surface area contributed by atoms with Crippen LogP contribution in [0.1, 0.15) is 50.1 Å². The Labute approximate surface area is 194 Å². The van der Waals surface area contributed by atoms with Crippen molar-refractivity contribution in [2.24, 2.45) is 5.92 Å². The highest BCUT2D eigenvalue weighted by atomic mass is 32.1. The van der Waals surface area contributed by atoms with E-state index < -0.39 is 6.10 Å². The SMILES string of the molecule is CC[C@H](C)CN(CC(=O)N1CCc2sccc2[C@H]1COc1ccc(F)cc1)C[C@H](O)CC. The monoisotopic (exact) mass is 462 g/mol. The van der Waals surface area contributed by atoms with E-state index in [-0.39, 0.29) is 24.3 Å². The minimum absolute atomic E-state index is 0.0566. The van der Waals surface area contributed by atoms with Crippen molar-refractivity contribution in [2.45, 2.75) is 52.2 Å². The molecule has 0 radical (unpaired) electrons. The van der Waals surface area contributed by atoms with Crippen LogP contribution in [0.5, 0.6) is 5.75 Å². The molecular formula is C25H35FN2O3S. The Morgan fingerprint density at radius 2 is 2.00 bits per heavy atom. The second kappa shape index (κ2) is 11.8. The fraction of sp³-hybridized carbons (Fsp3) is 0.560. The maximum Gasteiger partial charge on any atom is 0.237 e. The van der Waals surface area contributed by atoms with Gasteiger partial charge in [0.1, 0.15) is 18.2 Å². The van der Waals surface area contributed by atoms with Gasteiger partial charge in [-0.1, -0.05) is 27.2 Å². The number of aliphatic hydroxyl groups is 1. The summed E-state index contributed by atoms with van der Waals surface area (Å²) in [7, 11) is 0. The van der Waals surface area contributed by atoms with Gasteiger partial charge in [0, 0.05) is 24.5 Å². The summed E-state index contributed by atoms with van der Waals surface area (Å²) in [6, 6.07) is 7.87. The van der Waals surface area contributed by atoms with Crippen LogP contribution in [0, 0.1) is 11.7 Å². The number of rotatable bonds is 11. The second-order valence-electron chi connectivity index (χ2n) is 8.69. The number of carbonyl (C=O) groups excluding carboxylic acids is 1. The van der Waals surface area contributed by atoms with E-state index >= 15 is 0 Å². The number of fused-ring (bicyclic) bond motifs is 1. The first-order chi connectivity index (χ1) is 15.4. The Balaban J connectivity index is 1.73. The van der Waals surface area contributed by atoms with E-state index in [2.05, 4.69) is 30.2 Å². The van der Waals surface area contributed by atoms with Crippen LogP contribution in [0.25, 0.3) is 0 Å². The van der Waals surface area contributed by atoms with Gasteiger partial charge in [-0.15, -0.1) is 11.3 Å². The highest BCUT2D eigenvalue weighted by Gasteiger charge is 2.33. The van der Waals surface area contributed by atoms with Crippen LogP contribution in [0.2, 0.25) is 0 Å². The lowest BCUT2D eigenvalue weighted by atomic mass is 10.00. The average molecular weight is 463 g/mol. The molecule has 1 aliphatic rings. The fourth-order valence-electron chi connectivity index (χ4n) is 4.06. The van der Waals surface area contributed by atoms with E-state index in [1.165, 1.54) is 17.0 Å². The lowest BCUT2D eigenvalue weighted by Gasteiger charge is -2.37. The largest absolute Gasteiger partial charge is 0.491 e. The zero-order valence-electron chi connectivity index (χ0n) is 19.3. The van der Waals surface area contributed by atoms with Gasteiger partial charge in [-0.2, -0.15) is 0 Å². The lowest BCUT2D eigenvalue weighted by molar-refractivity contribution is -0.136. The van der Waals surface area contributed by atoms with Crippen molar-refractivity contribution >= 4 is 17.2 Å². The van der Waals surface area contributed by atoms with Gasteiger partial charge in [0.15, 0.2) is 0 Å². The standard InChI is InChI=1S/C25H35FN2O3S/c1-4-18(3)14-27(15-20(29)5-2)16-25(30)28-12-10-24-22(11-13-32-24)23(28)17-31-21-8-6-19(26)7-9-21/h6-9,11,13,18,20,23,29H,4-5,10,12,14-17H2,1-3H3/t18-,20+,23+/m0/s1. The molecule has 1 aliphatic heterocycles. The molecule has 2 aromatic rings. The Bertz CT molecular complexity index is 845. The Morgan fingerprint density at radius 3 is 2.69 bits per heavy atom. The molecule has 1 aromatic carbocycles. The number of nitrogens with zero attached hydrogens (tertiary/aromatic N) is 2. The molecule has 3 atom stereocenters. The smallest absolute Gasteiger partial charge is 0.237 e. The quantitative estimate of drug-likeness (QED) is 0.534. The number of hydrogen-bond donors (Lipinski definition) is 1. The van der Waals surface area contributed by atoms with Crippen molar-refractivity contribution in [1.82, 2.24) is 9.80 Å². The molecule has 176 valence electrons. The van der Waals surface area contributed by atoms with Crippen LogP contribution in [-0.2, 0) is 11.2 Å². The van der Waals surface area contributed by atoms with Crippen molar-refractivity contribution in [1.29, 1.82) is 0 Å². The molecule has 1 aromatic heterocycles. The summed E-state index contributed by atoms with van der Waals surface area (Å²) >= 11 is 1.72. The van der Waals surface area contributed by atoms with Gasteiger partial charge >= 0.3 is 0 Å². The number of thiophene rings is 1. The van der Waals surface area contributed by atoms with Gasteiger partial charge in [0.05, 0.1) is 18.7 Å². The maximum atomic E-state index is 13.4. The third kappa shape index (κ3) is 6.53. The molecular weight excluding hydrogens is 427 g/mol. The summed E-state index contributed by atoms with van der Waals surface area (Å²) in [4.78, 5) is 18.7. The predicted octanol–water partition coefficient (Wildman–Crippen LogP) is 4.51. The van der Waals surface area contributed by atoms with Crippen LogP contribution < -0.4 is 4.74 Å². The van der Waals surface area contributed by atoms with Crippen molar-refractivity contribution in [3.63, 3.8) is 0 Å². The minimum atomic E-state index is -0.436. The third-order valence-electron chi connectivity index (χ3n) is 6.20. The van der Waals surface area contributed by atoms with E-state index in [1.807, 2.05) is 11.8 Å². The summed E-state index contributed by atoms with van der Waals surface area (Å²) in [5.41, 5.74) is 1.14. The lowest BCUT2D eigenvalue weighted by Crippen LogP contribution is -2.48. The number of benzene rings is 1. The molecule has 0 saturated carbocycles. The summed E-state index contributed by atoms with van der Waals surface area (Å²) in [5.74, 6) is 0.795. The van der Waals surface area contributed by atoms with E-state index in [1.54, 1.807) is 23.5 Å². The van der Waals surface area contributed by atoms with Gasteiger partial charge < -0.3 is 14.7 Å². The summed E-state index contributed by atoms with van der Waals surface area (Å²) in [6.07, 6.45) is 2.10. The van der Waals surface area contributed by atoms with Crippen LogP contribution in [-0.4, -0.2) is 59.7 Å². The summed E-state index contributed by atoms with van der Waals surface area (Å²) in [5, 5.41) is 12.3. The molecule has 0 unspecified atom stereocenters. The second-order valence-corrected chi connectivity index (χ2v) is 9.69. The Hall–Kier alpha value is -1.96. The van der Waals surface area contributed by atoms with Gasteiger partial charge in [0.2, 0.25) is 5.91 Å². The molecule has 32 heavy (non-hydrogen) atoms. The third-order valence-corrected chi connectivity index (χ3v) is 7.20. The number of ether oxygens (including phenoxy) is 1. The van der Waals surface area contributed by atoms with Gasteiger partial charge in [-0.05, 0) is 60.0 Å². The highest BCUT2D eigenvalue weighted by Crippen LogP contribution is 2.34. The number of amides is 1. The van der Waals surface area contributed by atoms with Crippen molar-refractivity contribution < 1.29 is 19.0 Å². The molecule has 7 heteroatoms. The number of carbonyl (C=O) groups is 1. The van der Waals surface area contributed by atoms with E-state index in [0.29, 0.717) is 37.8 Å². The topological polar surface area (TPSA) is 53.0 Å². The number of hydrogen-bond acceptors (Lipinski definition) is 5. The molecule has 5 nitrogen and oxygen atoms in total. The zero-order chi connectivity index (χ0) is 23.1. The molecule has 2 heterocycles. The molecule has 0 saturated heterocycles. The summed E-state index contributed by atoms with van der Waals surface area (Å²) in [6.45, 7) is 8.82. The van der Waals surface area contributed by atoms with Crippen LogP contribution in [0.4, 0.5) is 4.39 Å². The van der Waals surface area contributed by atoms with E-state index in [4.69, 9.17) is 4.74 Å². The summed E-state index contributed by atoms with van der Waals surface area (Å²) < 4.78 is 19.2. The number of aliphatic hydroxyl groups excluding tert-OH is 1. The maximum absolute atomic E-state index is 13.4. The van der Waals surface area contributed by atoms with Crippen LogP contribution in [0.15, 0.2) is 35.7 Å². The average Bonchev–Trinajstić information content (AvgIpc) is 3.27. The molecule has 0 bridgehead atoms. The van der Waals surface area contributed by atoms with Crippen molar-refractivity contribution in [3.05, 3.63) is 52.0 Å². The van der Waals surface area contributed by atoms with E-state index in [9.17, 15) is 14.3 Å². The fourth-order valence-corrected chi connectivity index (χ4v) is 4.99. The van der Waals surface area contributed by atoms with Crippen molar-refractivity contribution in [2.75, 3.05) is 32.8 Å². The molecule has 0 aliphatic carbocycles. The van der Waals surface area contributed by atoms with Gasteiger partial charge in [-0.3, -0.25) is 9.69 Å². The van der Waals surface area contributed by atoms with Gasteiger partial charge in [-0.25, -0.2) is 4.39 Å². The van der Waals surface area contributed by atoms with Crippen LogP contribution in [0.3, 0.4) is 0 Å². The normalized spacial score (nSPS) is 17.8. The molecule has 0 fully saturated rings. The Morgan fingerprint density at radius 1 is 1.25 bits per heavy atom. The number of halogens is 1. The molecule has 1 N–H and O–H groups in total. The molecule has 1 amide bonds. The predicted molar refractivity (Wildman–Crippen MR) is 127 cm³/mol. The first-order valence-electron chi connectivity index (χ1n) is 11.6. The van der Waals surface area contributed by atoms with E-state index in [0.717, 1.165) is 24.9 Å². The highest BCUT2D eigenvalue weighted by molar-refractivity contribution is 7.10. The van der Waals surface area contributed by atoms with Crippen LogP contribution >= 0.6 is 11.3 Å².